The van der Waals surface area contributed by atoms with Gasteiger partial charge in [0.05, 0.1) is 12.0 Å². The number of ketones is 3. The Morgan fingerprint density at radius 3 is 2.51 bits per heavy atom. The number of fused-ring (bicyclic) bond motifs is 1. The SMILES string of the molecule is CCC(C)C(=O)OC1CC(C)C=C2C=CC(C)[C@H](CCC3CC(=O)CC(OCC(=O)C(=O)C(C)(C)N=O)C3)C21. The van der Waals surface area contributed by atoms with Crippen molar-refractivity contribution < 1.29 is 28.7 Å². The standard InChI is InChI=1S/C31H45NO7/c1-7-19(3)30(36)39-27-13-18(2)12-22-10-8-20(4)25(28(22)27)11-9-21-14-23(33)16-24(15-21)38-17-26(34)29(35)31(5,6)32-37/h8,10,12,18-21,24-25,27-28H,7,9,11,13-17H2,1-6H3/t18?,19?,20?,21?,24?,25-,27?,28?/m0/s1. The summed E-state index contributed by atoms with van der Waals surface area (Å²) in [4.78, 5) is 60.6. The van der Waals surface area contributed by atoms with Crippen LogP contribution in [0, 0.1) is 40.4 Å². The Hall–Kier alpha value is -2.48. The van der Waals surface area contributed by atoms with Crippen LogP contribution in [0.2, 0.25) is 0 Å². The van der Waals surface area contributed by atoms with Crippen molar-refractivity contribution in [3.63, 3.8) is 0 Å². The molecule has 3 aliphatic rings. The predicted octanol–water partition coefficient (Wildman–Crippen LogP) is 5.57. The molecule has 0 aromatic heterocycles. The lowest BCUT2D eigenvalue weighted by Crippen LogP contribution is -2.42. The van der Waals surface area contributed by atoms with Gasteiger partial charge in [0.15, 0.2) is 5.54 Å². The maximum atomic E-state index is 12.7. The third-order valence-electron chi connectivity index (χ3n) is 8.84. The van der Waals surface area contributed by atoms with Gasteiger partial charge >= 0.3 is 5.97 Å². The molecule has 0 bridgehead atoms. The molecule has 216 valence electrons. The maximum Gasteiger partial charge on any atom is 0.308 e. The first-order valence-electron chi connectivity index (χ1n) is 14.5. The van der Waals surface area contributed by atoms with Crippen LogP contribution in [0.1, 0.15) is 86.5 Å². The number of hydrogen-bond acceptors (Lipinski definition) is 8. The fraction of sp³-hybridized carbons (Fsp3) is 0.742. The van der Waals surface area contributed by atoms with Gasteiger partial charge in [-0.2, -0.15) is 0 Å². The maximum absolute atomic E-state index is 12.7. The molecular weight excluding hydrogens is 498 g/mol. The molecule has 8 atom stereocenters. The van der Waals surface area contributed by atoms with Crippen LogP contribution in [0.5, 0.6) is 0 Å². The van der Waals surface area contributed by atoms with E-state index in [2.05, 4.69) is 37.3 Å². The topological polar surface area (TPSA) is 116 Å². The average Bonchev–Trinajstić information content (AvgIpc) is 2.89. The lowest BCUT2D eigenvalue weighted by molar-refractivity contribution is -0.158. The van der Waals surface area contributed by atoms with Gasteiger partial charge in [-0.15, -0.1) is 4.91 Å². The van der Waals surface area contributed by atoms with Gasteiger partial charge in [0, 0.05) is 18.8 Å². The van der Waals surface area contributed by atoms with E-state index in [9.17, 15) is 24.1 Å². The molecule has 0 N–H and O–H groups in total. The van der Waals surface area contributed by atoms with Crippen LogP contribution in [0.15, 0.2) is 29.0 Å². The molecule has 0 aliphatic heterocycles. The lowest BCUT2D eigenvalue weighted by Gasteiger charge is -2.43. The summed E-state index contributed by atoms with van der Waals surface area (Å²) in [6, 6.07) is 0. The van der Waals surface area contributed by atoms with E-state index in [4.69, 9.17) is 9.47 Å². The zero-order chi connectivity index (χ0) is 28.9. The van der Waals surface area contributed by atoms with Crippen molar-refractivity contribution in [3.05, 3.63) is 28.7 Å². The van der Waals surface area contributed by atoms with Gasteiger partial charge in [-0.3, -0.25) is 19.2 Å². The second-order valence-electron chi connectivity index (χ2n) is 12.5. The smallest absolute Gasteiger partial charge is 0.308 e. The Balaban J connectivity index is 1.64. The van der Waals surface area contributed by atoms with E-state index in [-0.39, 0.29) is 47.9 Å². The molecule has 3 rings (SSSR count). The van der Waals surface area contributed by atoms with Crippen molar-refractivity contribution >= 4 is 23.3 Å². The quantitative estimate of drug-likeness (QED) is 0.180. The monoisotopic (exact) mass is 543 g/mol. The zero-order valence-electron chi connectivity index (χ0n) is 24.3. The molecule has 8 heteroatoms. The molecule has 0 radical (unpaired) electrons. The summed E-state index contributed by atoms with van der Waals surface area (Å²) in [7, 11) is 0. The normalized spacial score (nSPS) is 31.6. The summed E-state index contributed by atoms with van der Waals surface area (Å²) >= 11 is 0. The van der Waals surface area contributed by atoms with Gasteiger partial charge in [0.1, 0.15) is 18.5 Å². The fourth-order valence-electron chi connectivity index (χ4n) is 6.27. The fourth-order valence-corrected chi connectivity index (χ4v) is 6.27. The molecule has 1 saturated carbocycles. The Kier molecular flexibility index (Phi) is 10.5. The number of esters is 1. The number of carbonyl (C=O) groups is 4. The number of hydrogen-bond donors (Lipinski definition) is 0. The highest BCUT2D eigenvalue weighted by atomic mass is 16.5. The molecule has 7 unspecified atom stereocenters. The molecule has 39 heavy (non-hydrogen) atoms. The first-order chi connectivity index (χ1) is 18.4. The third-order valence-corrected chi connectivity index (χ3v) is 8.84. The summed E-state index contributed by atoms with van der Waals surface area (Å²) in [5, 5.41) is 2.74. The van der Waals surface area contributed by atoms with Gasteiger partial charge in [-0.25, -0.2) is 0 Å². The number of nitrogens with zero attached hydrogens (tertiary/aromatic N) is 1. The van der Waals surface area contributed by atoms with Crippen LogP contribution in [-0.4, -0.2) is 47.7 Å². The first kappa shape index (κ1) is 31.1. The highest BCUT2D eigenvalue weighted by molar-refractivity contribution is 6.41. The minimum absolute atomic E-state index is 0.0916. The molecule has 1 fully saturated rings. The Bertz CT molecular complexity index is 1010. The van der Waals surface area contributed by atoms with E-state index in [0.29, 0.717) is 24.7 Å². The summed E-state index contributed by atoms with van der Waals surface area (Å²) in [5.41, 5.74) is -0.378. The van der Waals surface area contributed by atoms with Gasteiger partial charge in [0.2, 0.25) is 11.6 Å². The molecule has 8 nitrogen and oxygen atoms in total. The lowest BCUT2D eigenvalue weighted by atomic mass is 9.64. The van der Waals surface area contributed by atoms with Crippen molar-refractivity contribution in [2.24, 2.45) is 40.7 Å². The van der Waals surface area contributed by atoms with Crippen molar-refractivity contribution in [2.75, 3.05) is 6.61 Å². The van der Waals surface area contributed by atoms with Crippen LogP contribution in [-0.2, 0) is 28.7 Å². The van der Waals surface area contributed by atoms with Gasteiger partial charge in [0.25, 0.3) is 0 Å². The van der Waals surface area contributed by atoms with E-state index in [1.807, 2.05) is 13.8 Å². The average molecular weight is 544 g/mol. The van der Waals surface area contributed by atoms with Gasteiger partial charge in [-0.05, 0) is 75.2 Å². The molecule has 0 amide bonds. The summed E-state index contributed by atoms with van der Waals surface area (Å²) in [6.45, 7) is 10.4. The molecule has 0 spiro atoms. The van der Waals surface area contributed by atoms with E-state index in [1.165, 1.54) is 19.4 Å². The van der Waals surface area contributed by atoms with E-state index >= 15 is 0 Å². The Morgan fingerprint density at radius 1 is 1.13 bits per heavy atom. The van der Waals surface area contributed by atoms with E-state index in [0.717, 1.165) is 25.7 Å². The van der Waals surface area contributed by atoms with Crippen molar-refractivity contribution in [1.82, 2.24) is 0 Å². The zero-order valence-corrected chi connectivity index (χ0v) is 24.3. The van der Waals surface area contributed by atoms with Crippen LogP contribution in [0.4, 0.5) is 0 Å². The highest BCUT2D eigenvalue weighted by Crippen LogP contribution is 2.46. The first-order valence-corrected chi connectivity index (χ1v) is 14.5. The molecule has 0 saturated heterocycles. The summed E-state index contributed by atoms with van der Waals surface area (Å²) in [6.07, 6.45) is 10.8. The second-order valence-corrected chi connectivity index (χ2v) is 12.5. The Morgan fingerprint density at radius 2 is 1.85 bits per heavy atom. The molecule has 0 heterocycles. The van der Waals surface area contributed by atoms with Crippen LogP contribution < -0.4 is 0 Å². The number of carbonyl (C=O) groups excluding carboxylic acids is 4. The van der Waals surface area contributed by atoms with Crippen LogP contribution in [0.3, 0.4) is 0 Å². The van der Waals surface area contributed by atoms with E-state index < -0.39 is 29.8 Å². The van der Waals surface area contributed by atoms with E-state index in [1.54, 1.807) is 0 Å². The third kappa shape index (κ3) is 7.80. The number of ether oxygens (including phenoxy) is 2. The largest absolute Gasteiger partial charge is 0.461 e. The number of rotatable bonds is 12. The second kappa shape index (κ2) is 13.2. The van der Waals surface area contributed by atoms with Crippen LogP contribution in [0.25, 0.3) is 0 Å². The number of nitroso groups, excluding NO2 is 1. The minimum atomic E-state index is -1.62. The van der Waals surface area contributed by atoms with Crippen molar-refractivity contribution in [1.29, 1.82) is 0 Å². The number of Topliss-reactive ketones (excluding diaryl/α,β-unsaturated/α-hetero) is 3. The Labute approximate surface area is 232 Å². The molecular formula is C31H45NO7. The van der Waals surface area contributed by atoms with Crippen LogP contribution >= 0.6 is 0 Å². The summed E-state index contributed by atoms with van der Waals surface area (Å²) < 4.78 is 11.8. The van der Waals surface area contributed by atoms with Gasteiger partial charge < -0.3 is 9.47 Å². The summed E-state index contributed by atoms with van der Waals surface area (Å²) in [5.74, 6) is -0.663. The predicted molar refractivity (Wildman–Crippen MR) is 148 cm³/mol. The molecule has 0 aromatic rings. The molecule has 3 aliphatic carbocycles. The molecule has 0 aromatic carbocycles. The minimum Gasteiger partial charge on any atom is -0.461 e. The van der Waals surface area contributed by atoms with Crippen molar-refractivity contribution in [3.8, 4) is 0 Å². The highest BCUT2D eigenvalue weighted by Gasteiger charge is 2.42. The van der Waals surface area contributed by atoms with Gasteiger partial charge in [-0.1, -0.05) is 51.1 Å². The number of allylic oxidation sites excluding steroid dienone is 3. The van der Waals surface area contributed by atoms with Crippen molar-refractivity contribution in [2.45, 2.75) is 104 Å².